The summed E-state index contributed by atoms with van der Waals surface area (Å²) in [5.74, 6) is 2.04. The molecule has 1 aromatic rings. The highest BCUT2D eigenvalue weighted by Gasteiger charge is 2.31. The standard InChI is InChI=1S/C20H27N3O2.ClH/c24-19(23-9-7-16-12-21-13-17(16)8-10-23)11-14-1-5-18(6-2-14)22-20(25)15-3-4-15;/h1-2,5-6,15-17,21H,3-4,7-13H2,(H,22,25);1H/t16-,17+;. The van der Waals surface area contributed by atoms with Gasteiger partial charge in [-0.3, -0.25) is 9.59 Å². The molecule has 2 heterocycles. The molecular formula is C20H28ClN3O2. The van der Waals surface area contributed by atoms with Gasteiger partial charge in [0.15, 0.2) is 0 Å². The first-order valence-electron chi connectivity index (χ1n) is 9.57. The van der Waals surface area contributed by atoms with Gasteiger partial charge in [-0.1, -0.05) is 12.1 Å². The number of nitrogens with one attached hydrogen (secondary N) is 2. The Morgan fingerprint density at radius 2 is 1.62 bits per heavy atom. The SMILES string of the molecule is Cl.O=C(Nc1ccc(CC(=O)N2CC[C@@H]3CNC[C@@H]3CC2)cc1)C1CC1. The van der Waals surface area contributed by atoms with Gasteiger partial charge >= 0.3 is 0 Å². The molecular weight excluding hydrogens is 350 g/mol. The van der Waals surface area contributed by atoms with E-state index in [1.54, 1.807) is 0 Å². The van der Waals surface area contributed by atoms with E-state index in [1.807, 2.05) is 29.2 Å². The predicted molar refractivity (Wildman–Crippen MR) is 104 cm³/mol. The third kappa shape index (κ3) is 4.57. The lowest BCUT2D eigenvalue weighted by molar-refractivity contribution is -0.130. The van der Waals surface area contributed by atoms with Crippen LogP contribution < -0.4 is 10.6 Å². The maximum atomic E-state index is 12.6. The lowest BCUT2D eigenvalue weighted by atomic mass is 9.92. The second-order valence-electron chi connectivity index (χ2n) is 7.77. The molecule has 0 unspecified atom stereocenters. The van der Waals surface area contributed by atoms with Gasteiger partial charge in [-0.2, -0.15) is 0 Å². The first-order chi connectivity index (χ1) is 12.2. The van der Waals surface area contributed by atoms with Crippen molar-refractivity contribution in [2.24, 2.45) is 17.8 Å². The lowest BCUT2D eigenvalue weighted by Gasteiger charge is -2.21. The van der Waals surface area contributed by atoms with Crippen molar-refractivity contribution < 1.29 is 9.59 Å². The number of fused-ring (bicyclic) bond motifs is 1. The third-order valence-corrected chi connectivity index (χ3v) is 5.90. The number of likely N-dealkylation sites (tertiary alicyclic amines) is 1. The lowest BCUT2D eigenvalue weighted by Crippen LogP contribution is -2.33. The number of carbonyl (C=O) groups is 2. The van der Waals surface area contributed by atoms with Crippen molar-refractivity contribution in [1.82, 2.24) is 10.2 Å². The highest BCUT2D eigenvalue weighted by atomic mass is 35.5. The van der Waals surface area contributed by atoms with Crippen molar-refractivity contribution in [1.29, 1.82) is 0 Å². The number of halogens is 1. The molecule has 2 N–H and O–H groups in total. The summed E-state index contributed by atoms with van der Waals surface area (Å²) in [5, 5.41) is 6.41. The van der Waals surface area contributed by atoms with Crippen LogP contribution in [0.15, 0.2) is 24.3 Å². The van der Waals surface area contributed by atoms with Crippen molar-refractivity contribution in [2.45, 2.75) is 32.1 Å². The van der Waals surface area contributed by atoms with E-state index in [-0.39, 0.29) is 30.1 Å². The summed E-state index contributed by atoms with van der Waals surface area (Å²) < 4.78 is 0. The predicted octanol–water partition coefficient (Wildman–Crippen LogP) is 2.46. The molecule has 3 fully saturated rings. The largest absolute Gasteiger partial charge is 0.342 e. The van der Waals surface area contributed by atoms with Crippen molar-refractivity contribution in [3.8, 4) is 0 Å². The zero-order valence-corrected chi connectivity index (χ0v) is 15.9. The highest BCUT2D eigenvalue weighted by molar-refractivity contribution is 5.94. The summed E-state index contributed by atoms with van der Waals surface area (Å²) in [6, 6.07) is 7.72. The minimum atomic E-state index is 0. The summed E-state index contributed by atoms with van der Waals surface area (Å²) in [4.78, 5) is 26.5. The van der Waals surface area contributed by atoms with Gasteiger partial charge in [0.2, 0.25) is 11.8 Å². The van der Waals surface area contributed by atoms with E-state index in [0.29, 0.717) is 6.42 Å². The van der Waals surface area contributed by atoms with Gasteiger partial charge in [-0.15, -0.1) is 12.4 Å². The van der Waals surface area contributed by atoms with E-state index in [2.05, 4.69) is 10.6 Å². The van der Waals surface area contributed by atoms with Crippen LogP contribution in [0.25, 0.3) is 0 Å². The fraction of sp³-hybridized carbons (Fsp3) is 0.600. The first kappa shape index (κ1) is 19.2. The van der Waals surface area contributed by atoms with Gasteiger partial charge in [-0.05, 0) is 68.3 Å². The van der Waals surface area contributed by atoms with Gasteiger partial charge < -0.3 is 15.5 Å². The second kappa shape index (κ2) is 8.40. The number of carbonyl (C=O) groups excluding carboxylic acids is 2. The summed E-state index contributed by atoms with van der Waals surface area (Å²) >= 11 is 0. The van der Waals surface area contributed by atoms with Gasteiger partial charge in [0.1, 0.15) is 0 Å². The van der Waals surface area contributed by atoms with Gasteiger partial charge in [-0.25, -0.2) is 0 Å². The molecule has 4 rings (SSSR count). The average Bonchev–Trinajstić information content (AvgIpc) is 3.40. The summed E-state index contributed by atoms with van der Waals surface area (Å²) in [7, 11) is 0. The molecule has 0 aromatic heterocycles. The van der Waals surface area contributed by atoms with E-state index in [4.69, 9.17) is 0 Å². The van der Waals surface area contributed by atoms with Crippen molar-refractivity contribution in [2.75, 3.05) is 31.5 Å². The normalized spacial score (nSPS) is 25.0. The van der Waals surface area contributed by atoms with Crippen LogP contribution in [0.4, 0.5) is 5.69 Å². The third-order valence-electron chi connectivity index (χ3n) is 5.90. The summed E-state index contributed by atoms with van der Waals surface area (Å²) in [6.07, 6.45) is 4.70. The zero-order valence-electron chi connectivity index (χ0n) is 15.1. The molecule has 5 nitrogen and oxygen atoms in total. The highest BCUT2D eigenvalue weighted by Crippen LogP contribution is 2.30. The van der Waals surface area contributed by atoms with Crippen LogP contribution in [0, 0.1) is 17.8 Å². The van der Waals surface area contributed by atoms with Crippen LogP contribution in [0.2, 0.25) is 0 Å². The minimum Gasteiger partial charge on any atom is -0.342 e. The van der Waals surface area contributed by atoms with Crippen LogP contribution in [0.3, 0.4) is 0 Å². The van der Waals surface area contributed by atoms with Crippen LogP contribution in [-0.2, 0) is 16.0 Å². The second-order valence-corrected chi connectivity index (χ2v) is 7.77. The Morgan fingerprint density at radius 3 is 2.19 bits per heavy atom. The molecule has 0 radical (unpaired) electrons. The van der Waals surface area contributed by atoms with Crippen LogP contribution >= 0.6 is 12.4 Å². The van der Waals surface area contributed by atoms with Gasteiger partial charge in [0.25, 0.3) is 0 Å². The first-order valence-corrected chi connectivity index (χ1v) is 9.57. The van der Waals surface area contributed by atoms with Crippen molar-refractivity contribution in [3.05, 3.63) is 29.8 Å². The number of hydrogen-bond donors (Lipinski definition) is 2. The maximum absolute atomic E-state index is 12.6. The van der Waals surface area contributed by atoms with Gasteiger partial charge in [0.05, 0.1) is 6.42 Å². The number of nitrogens with zero attached hydrogens (tertiary/aromatic N) is 1. The average molecular weight is 378 g/mol. The van der Waals surface area contributed by atoms with Crippen molar-refractivity contribution in [3.63, 3.8) is 0 Å². The van der Waals surface area contributed by atoms with E-state index < -0.39 is 0 Å². The number of hydrogen-bond acceptors (Lipinski definition) is 3. The molecule has 0 bridgehead atoms. The molecule has 26 heavy (non-hydrogen) atoms. The number of benzene rings is 1. The molecule has 1 aliphatic carbocycles. The quantitative estimate of drug-likeness (QED) is 0.847. The maximum Gasteiger partial charge on any atom is 0.227 e. The van der Waals surface area contributed by atoms with Gasteiger partial charge in [0, 0.05) is 24.7 Å². The number of amides is 2. The zero-order chi connectivity index (χ0) is 17.2. The molecule has 142 valence electrons. The molecule has 2 amide bonds. The topological polar surface area (TPSA) is 61.4 Å². The minimum absolute atomic E-state index is 0. The fourth-order valence-corrected chi connectivity index (χ4v) is 4.05. The molecule has 6 heteroatoms. The summed E-state index contributed by atoms with van der Waals surface area (Å²) in [6.45, 7) is 4.00. The molecule has 1 saturated carbocycles. The Bertz CT molecular complexity index is 631. The van der Waals surface area contributed by atoms with Crippen LogP contribution in [0.5, 0.6) is 0 Å². The van der Waals surface area contributed by atoms with E-state index in [0.717, 1.165) is 74.9 Å². The van der Waals surface area contributed by atoms with Crippen molar-refractivity contribution >= 4 is 29.9 Å². The Morgan fingerprint density at radius 1 is 1.00 bits per heavy atom. The van der Waals surface area contributed by atoms with E-state index >= 15 is 0 Å². The Labute approximate surface area is 161 Å². The Balaban J connectivity index is 0.00000196. The summed E-state index contributed by atoms with van der Waals surface area (Å²) in [5.41, 5.74) is 1.84. The monoisotopic (exact) mass is 377 g/mol. The molecule has 0 spiro atoms. The molecule has 2 aliphatic heterocycles. The smallest absolute Gasteiger partial charge is 0.227 e. The molecule has 3 aliphatic rings. The van der Waals surface area contributed by atoms with Crippen LogP contribution in [-0.4, -0.2) is 42.9 Å². The van der Waals surface area contributed by atoms with E-state index in [9.17, 15) is 9.59 Å². The fourth-order valence-electron chi connectivity index (χ4n) is 4.05. The van der Waals surface area contributed by atoms with E-state index in [1.165, 1.54) is 0 Å². The molecule has 1 aromatic carbocycles. The molecule has 2 saturated heterocycles. The Kier molecular flexibility index (Phi) is 6.20. The molecule has 2 atom stereocenters. The Hall–Kier alpha value is -1.59. The number of rotatable bonds is 4. The van der Waals surface area contributed by atoms with Crippen LogP contribution in [0.1, 0.15) is 31.2 Å². The number of anilines is 1.